The SMILES string of the molecule is CCOC(=O)/C=C/c1ccc2c(nnn2CCCCCOCc2ccc(OC)cc2)c1C. The molecule has 0 amide bonds. The third kappa shape index (κ3) is 6.40. The first-order valence-electron chi connectivity index (χ1n) is 11.0. The van der Waals surface area contributed by atoms with Gasteiger partial charge in [0, 0.05) is 19.2 Å². The summed E-state index contributed by atoms with van der Waals surface area (Å²) in [6.07, 6.45) is 6.28. The van der Waals surface area contributed by atoms with Crippen molar-refractivity contribution in [2.24, 2.45) is 0 Å². The van der Waals surface area contributed by atoms with Crippen molar-refractivity contribution < 1.29 is 19.0 Å². The number of carbonyl (C=O) groups is 1. The lowest BCUT2D eigenvalue weighted by Gasteiger charge is -2.06. The monoisotopic (exact) mass is 437 g/mol. The number of aromatic nitrogens is 3. The molecular formula is C25H31N3O4. The van der Waals surface area contributed by atoms with Crippen LogP contribution in [0.4, 0.5) is 0 Å². The van der Waals surface area contributed by atoms with E-state index in [1.807, 2.05) is 48.0 Å². The van der Waals surface area contributed by atoms with E-state index < -0.39 is 0 Å². The molecule has 170 valence electrons. The van der Waals surface area contributed by atoms with E-state index in [4.69, 9.17) is 14.2 Å². The number of rotatable bonds is 12. The highest BCUT2D eigenvalue weighted by Gasteiger charge is 2.09. The Morgan fingerprint density at radius 3 is 2.66 bits per heavy atom. The normalized spacial score (nSPS) is 11.3. The van der Waals surface area contributed by atoms with Gasteiger partial charge in [0.25, 0.3) is 0 Å². The van der Waals surface area contributed by atoms with E-state index in [9.17, 15) is 4.79 Å². The standard InChI is InChI=1S/C25H31N3O4/c1-4-32-24(29)15-11-21-10-14-23-25(19(21)2)26-27-28(23)16-6-5-7-17-31-18-20-8-12-22(30-3)13-9-20/h8-15H,4-7,16-18H2,1-3H3/b15-11+. The molecule has 3 rings (SSSR count). The second-order valence-electron chi connectivity index (χ2n) is 7.51. The van der Waals surface area contributed by atoms with E-state index in [0.717, 1.165) is 65.9 Å². The zero-order chi connectivity index (χ0) is 22.8. The van der Waals surface area contributed by atoms with Gasteiger partial charge in [-0.3, -0.25) is 0 Å². The van der Waals surface area contributed by atoms with Crippen LogP contribution in [0.5, 0.6) is 5.75 Å². The molecule has 7 heteroatoms. The van der Waals surface area contributed by atoms with Crippen LogP contribution in [0.25, 0.3) is 17.1 Å². The van der Waals surface area contributed by atoms with Crippen LogP contribution in [0.15, 0.2) is 42.5 Å². The van der Waals surface area contributed by atoms with Crippen LogP contribution in [-0.2, 0) is 27.4 Å². The number of fused-ring (bicyclic) bond motifs is 1. The summed E-state index contributed by atoms with van der Waals surface area (Å²) in [5, 5.41) is 8.66. The lowest BCUT2D eigenvalue weighted by molar-refractivity contribution is -0.137. The van der Waals surface area contributed by atoms with Crippen molar-refractivity contribution in [3.8, 4) is 5.75 Å². The summed E-state index contributed by atoms with van der Waals surface area (Å²) < 4.78 is 17.8. The van der Waals surface area contributed by atoms with E-state index in [2.05, 4.69) is 10.3 Å². The molecule has 0 fully saturated rings. The number of benzene rings is 2. The average Bonchev–Trinajstić information content (AvgIpc) is 3.22. The van der Waals surface area contributed by atoms with Gasteiger partial charge in [-0.25, -0.2) is 9.48 Å². The Bertz CT molecular complexity index is 1040. The maximum Gasteiger partial charge on any atom is 0.330 e. The van der Waals surface area contributed by atoms with Gasteiger partial charge in [-0.05, 0) is 74.1 Å². The molecular weight excluding hydrogens is 406 g/mol. The van der Waals surface area contributed by atoms with E-state index in [1.54, 1.807) is 20.1 Å². The highest BCUT2D eigenvalue weighted by atomic mass is 16.5. The van der Waals surface area contributed by atoms with E-state index in [-0.39, 0.29) is 5.97 Å². The Morgan fingerprint density at radius 2 is 1.91 bits per heavy atom. The first kappa shape index (κ1) is 23.5. The minimum atomic E-state index is -0.344. The number of aryl methyl sites for hydroxylation is 2. The van der Waals surface area contributed by atoms with Crippen LogP contribution < -0.4 is 4.74 Å². The molecule has 0 N–H and O–H groups in total. The van der Waals surface area contributed by atoms with Crippen molar-refractivity contribution in [2.45, 2.75) is 46.3 Å². The number of hydrogen-bond donors (Lipinski definition) is 0. The first-order chi connectivity index (χ1) is 15.6. The van der Waals surface area contributed by atoms with Gasteiger partial charge in [-0.2, -0.15) is 0 Å². The molecule has 0 bridgehead atoms. The van der Waals surface area contributed by atoms with Gasteiger partial charge in [-0.1, -0.05) is 23.4 Å². The first-order valence-corrected chi connectivity index (χ1v) is 11.0. The van der Waals surface area contributed by atoms with Gasteiger partial charge >= 0.3 is 5.97 Å². The maximum atomic E-state index is 11.5. The zero-order valence-corrected chi connectivity index (χ0v) is 19.0. The molecule has 7 nitrogen and oxygen atoms in total. The Labute approximate surface area is 189 Å². The highest BCUT2D eigenvalue weighted by Crippen LogP contribution is 2.21. The Morgan fingerprint density at radius 1 is 1.09 bits per heavy atom. The van der Waals surface area contributed by atoms with Gasteiger partial charge in [0.2, 0.25) is 0 Å². The molecule has 0 aliphatic heterocycles. The fourth-order valence-electron chi connectivity index (χ4n) is 3.43. The number of ether oxygens (including phenoxy) is 3. The summed E-state index contributed by atoms with van der Waals surface area (Å²) in [7, 11) is 1.66. The molecule has 0 aliphatic rings. The largest absolute Gasteiger partial charge is 0.497 e. The van der Waals surface area contributed by atoms with E-state index in [1.165, 1.54) is 6.08 Å². The van der Waals surface area contributed by atoms with Gasteiger partial charge < -0.3 is 14.2 Å². The number of esters is 1. The van der Waals surface area contributed by atoms with Gasteiger partial charge in [-0.15, -0.1) is 5.10 Å². The molecule has 1 heterocycles. The smallest absolute Gasteiger partial charge is 0.330 e. The minimum absolute atomic E-state index is 0.344. The second-order valence-corrected chi connectivity index (χ2v) is 7.51. The number of unbranched alkanes of at least 4 members (excludes halogenated alkanes) is 2. The van der Waals surface area contributed by atoms with Crippen LogP contribution in [0.3, 0.4) is 0 Å². The lowest BCUT2D eigenvalue weighted by Crippen LogP contribution is -2.02. The molecule has 3 aromatic rings. The fourth-order valence-corrected chi connectivity index (χ4v) is 3.43. The fraction of sp³-hybridized carbons (Fsp3) is 0.400. The van der Waals surface area contributed by atoms with Crippen molar-refractivity contribution in [3.63, 3.8) is 0 Å². The molecule has 32 heavy (non-hydrogen) atoms. The zero-order valence-electron chi connectivity index (χ0n) is 19.0. The van der Waals surface area contributed by atoms with E-state index in [0.29, 0.717) is 13.2 Å². The van der Waals surface area contributed by atoms with Crippen molar-refractivity contribution >= 4 is 23.1 Å². The van der Waals surface area contributed by atoms with Crippen molar-refractivity contribution in [1.29, 1.82) is 0 Å². The molecule has 2 aromatic carbocycles. The number of methoxy groups -OCH3 is 1. The third-order valence-corrected chi connectivity index (χ3v) is 5.25. The van der Waals surface area contributed by atoms with Crippen molar-refractivity contribution in [3.05, 3.63) is 59.2 Å². The highest BCUT2D eigenvalue weighted by molar-refractivity contribution is 5.89. The molecule has 0 unspecified atom stereocenters. The quantitative estimate of drug-likeness (QED) is 0.232. The summed E-state index contributed by atoms with van der Waals surface area (Å²) in [6, 6.07) is 11.9. The Balaban J connectivity index is 1.43. The Kier molecular flexibility index (Phi) is 8.80. The molecule has 0 saturated heterocycles. The average molecular weight is 438 g/mol. The van der Waals surface area contributed by atoms with Crippen molar-refractivity contribution in [2.75, 3.05) is 20.3 Å². The summed E-state index contributed by atoms with van der Waals surface area (Å²) >= 11 is 0. The van der Waals surface area contributed by atoms with Crippen LogP contribution in [0.1, 0.15) is 42.9 Å². The minimum Gasteiger partial charge on any atom is -0.497 e. The van der Waals surface area contributed by atoms with Crippen LogP contribution in [0.2, 0.25) is 0 Å². The predicted molar refractivity (Wildman–Crippen MR) is 124 cm³/mol. The van der Waals surface area contributed by atoms with Crippen molar-refractivity contribution in [1.82, 2.24) is 15.0 Å². The molecule has 0 spiro atoms. The molecule has 0 saturated carbocycles. The summed E-state index contributed by atoms with van der Waals surface area (Å²) in [4.78, 5) is 11.5. The molecule has 0 radical (unpaired) electrons. The lowest BCUT2D eigenvalue weighted by atomic mass is 10.1. The summed E-state index contributed by atoms with van der Waals surface area (Å²) in [5.74, 6) is 0.512. The summed E-state index contributed by atoms with van der Waals surface area (Å²) in [6.45, 7) is 6.31. The number of hydrogen-bond acceptors (Lipinski definition) is 6. The third-order valence-electron chi connectivity index (χ3n) is 5.25. The van der Waals surface area contributed by atoms with Crippen LogP contribution in [0, 0.1) is 6.92 Å². The maximum absolute atomic E-state index is 11.5. The number of nitrogens with zero attached hydrogens (tertiary/aromatic N) is 3. The van der Waals surface area contributed by atoms with Crippen LogP contribution >= 0.6 is 0 Å². The predicted octanol–water partition coefficient (Wildman–Crippen LogP) is 4.71. The van der Waals surface area contributed by atoms with Gasteiger partial charge in [0.15, 0.2) is 0 Å². The van der Waals surface area contributed by atoms with E-state index >= 15 is 0 Å². The number of carbonyl (C=O) groups excluding carboxylic acids is 1. The van der Waals surface area contributed by atoms with Gasteiger partial charge in [0.05, 0.1) is 25.8 Å². The van der Waals surface area contributed by atoms with Crippen LogP contribution in [-0.4, -0.2) is 41.3 Å². The molecule has 1 aromatic heterocycles. The second kappa shape index (κ2) is 12.0. The molecule has 0 aliphatic carbocycles. The Hall–Kier alpha value is -3.19. The molecule has 0 atom stereocenters. The topological polar surface area (TPSA) is 75.5 Å². The summed E-state index contributed by atoms with van der Waals surface area (Å²) in [5.41, 5.74) is 4.95. The van der Waals surface area contributed by atoms with Gasteiger partial charge in [0.1, 0.15) is 11.3 Å².